The van der Waals surface area contributed by atoms with Gasteiger partial charge in [0, 0.05) is 6.20 Å². The highest BCUT2D eigenvalue weighted by Crippen LogP contribution is 2.48. The number of carbonyl (C=O) groups excluding carboxylic acids is 2. The molecule has 2 aliphatic rings. The fourth-order valence-corrected chi connectivity index (χ4v) is 3.05. The predicted molar refractivity (Wildman–Crippen MR) is 75.5 cm³/mol. The number of aliphatic hydroxyl groups excluding tert-OH is 1. The number of carbonyl (C=O) groups is 3. The van der Waals surface area contributed by atoms with Crippen LogP contribution in [-0.4, -0.2) is 38.5 Å². The number of fused-ring (bicyclic) bond motifs is 2. The standard InChI is InChI=1S/C15H16N2O5/c1-8(14(21)22)16-13(20)10-11(18)9-4-2-7-17(9)15(12(10)19)5-3-6-15/h2,4,7-8,19H,3,5-6H2,1H3,(H,16,20)(H,21,22)/t8-/m0/s1. The SMILES string of the molecule is C[C@H](NC(=O)C1=C(O)C2(CCC2)n2cccc2C1=O)C(=O)O. The zero-order valence-corrected chi connectivity index (χ0v) is 12.0. The smallest absolute Gasteiger partial charge is 0.325 e. The summed E-state index contributed by atoms with van der Waals surface area (Å²) in [5, 5.41) is 21.6. The van der Waals surface area contributed by atoms with E-state index in [9.17, 15) is 19.5 Å². The number of ketones is 1. The Morgan fingerprint density at radius 1 is 1.41 bits per heavy atom. The molecule has 0 bridgehead atoms. The van der Waals surface area contributed by atoms with E-state index < -0.39 is 29.2 Å². The van der Waals surface area contributed by atoms with Gasteiger partial charge in [-0.3, -0.25) is 14.4 Å². The molecule has 1 atom stereocenters. The average Bonchev–Trinajstić information content (AvgIpc) is 2.86. The Morgan fingerprint density at radius 2 is 2.09 bits per heavy atom. The number of allylic oxidation sites excluding steroid dienone is 1. The van der Waals surface area contributed by atoms with Crippen molar-refractivity contribution in [2.24, 2.45) is 0 Å². The van der Waals surface area contributed by atoms with Gasteiger partial charge >= 0.3 is 5.97 Å². The number of carboxylic acids is 1. The largest absolute Gasteiger partial charge is 0.509 e. The fourth-order valence-electron chi connectivity index (χ4n) is 3.05. The maximum atomic E-state index is 12.5. The number of carboxylic acid groups (broad SMARTS) is 1. The molecule has 0 aromatic carbocycles. The third-order valence-corrected chi connectivity index (χ3v) is 4.47. The highest BCUT2D eigenvalue weighted by atomic mass is 16.4. The molecule has 1 aliphatic heterocycles. The number of rotatable bonds is 3. The van der Waals surface area contributed by atoms with E-state index in [1.807, 2.05) is 0 Å². The summed E-state index contributed by atoms with van der Waals surface area (Å²) in [6.45, 7) is 1.30. The van der Waals surface area contributed by atoms with Crippen LogP contribution in [0.15, 0.2) is 29.7 Å². The fraction of sp³-hybridized carbons (Fsp3) is 0.400. The van der Waals surface area contributed by atoms with Crippen LogP contribution < -0.4 is 5.32 Å². The molecule has 116 valence electrons. The summed E-state index contributed by atoms with van der Waals surface area (Å²) in [7, 11) is 0. The number of aliphatic hydroxyl groups is 1. The van der Waals surface area contributed by atoms with Crippen molar-refractivity contribution >= 4 is 17.7 Å². The van der Waals surface area contributed by atoms with Crippen LogP contribution in [0.2, 0.25) is 0 Å². The first-order valence-electron chi connectivity index (χ1n) is 7.08. The monoisotopic (exact) mass is 304 g/mol. The number of aliphatic carboxylic acids is 1. The molecule has 1 spiro atoms. The first-order chi connectivity index (χ1) is 10.4. The number of nitrogens with zero attached hydrogens (tertiary/aromatic N) is 1. The van der Waals surface area contributed by atoms with Gasteiger partial charge < -0.3 is 20.1 Å². The number of aromatic nitrogens is 1. The van der Waals surface area contributed by atoms with Gasteiger partial charge in [-0.25, -0.2) is 0 Å². The molecule has 1 aromatic rings. The van der Waals surface area contributed by atoms with Crippen LogP contribution in [0.5, 0.6) is 0 Å². The van der Waals surface area contributed by atoms with Gasteiger partial charge in [0.2, 0.25) is 5.78 Å². The molecule has 1 aromatic heterocycles. The van der Waals surface area contributed by atoms with Crippen molar-refractivity contribution in [2.45, 2.75) is 37.8 Å². The minimum absolute atomic E-state index is 0.262. The Bertz CT molecular complexity index is 711. The van der Waals surface area contributed by atoms with Crippen LogP contribution in [0.25, 0.3) is 0 Å². The summed E-state index contributed by atoms with van der Waals surface area (Å²) < 4.78 is 1.71. The molecular weight excluding hydrogens is 288 g/mol. The van der Waals surface area contributed by atoms with Crippen molar-refractivity contribution in [3.8, 4) is 0 Å². The second kappa shape index (κ2) is 4.72. The van der Waals surface area contributed by atoms with E-state index >= 15 is 0 Å². The number of amides is 1. The molecule has 1 amide bonds. The summed E-state index contributed by atoms with van der Waals surface area (Å²) in [6, 6.07) is 2.15. The van der Waals surface area contributed by atoms with Crippen LogP contribution in [0.4, 0.5) is 0 Å². The first kappa shape index (κ1) is 14.4. The Hall–Kier alpha value is -2.57. The lowest BCUT2D eigenvalue weighted by molar-refractivity contribution is -0.140. The van der Waals surface area contributed by atoms with Crippen molar-refractivity contribution in [2.75, 3.05) is 0 Å². The third-order valence-electron chi connectivity index (χ3n) is 4.47. The molecule has 0 saturated heterocycles. The molecule has 22 heavy (non-hydrogen) atoms. The molecule has 1 saturated carbocycles. The summed E-state index contributed by atoms with van der Waals surface area (Å²) >= 11 is 0. The van der Waals surface area contributed by atoms with E-state index in [1.165, 1.54) is 6.92 Å². The van der Waals surface area contributed by atoms with Crippen LogP contribution in [0, 0.1) is 0 Å². The highest BCUT2D eigenvalue weighted by Gasteiger charge is 2.51. The highest BCUT2D eigenvalue weighted by molar-refractivity contribution is 6.26. The van der Waals surface area contributed by atoms with Gasteiger partial charge in [-0.05, 0) is 38.3 Å². The van der Waals surface area contributed by atoms with Crippen LogP contribution in [0.1, 0.15) is 36.7 Å². The molecule has 1 aliphatic carbocycles. The molecule has 7 heteroatoms. The van der Waals surface area contributed by atoms with E-state index in [0.717, 1.165) is 6.42 Å². The minimum atomic E-state index is -1.21. The second-order valence-corrected chi connectivity index (χ2v) is 5.73. The summed E-state index contributed by atoms with van der Waals surface area (Å²) in [4.78, 5) is 35.6. The van der Waals surface area contributed by atoms with Crippen LogP contribution in [0.3, 0.4) is 0 Å². The molecule has 0 radical (unpaired) electrons. The average molecular weight is 304 g/mol. The van der Waals surface area contributed by atoms with Crippen molar-refractivity contribution in [1.82, 2.24) is 9.88 Å². The van der Waals surface area contributed by atoms with Crippen molar-refractivity contribution in [3.63, 3.8) is 0 Å². The lowest BCUT2D eigenvalue weighted by atomic mass is 9.71. The van der Waals surface area contributed by atoms with Crippen LogP contribution >= 0.6 is 0 Å². The van der Waals surface area contributed by atoms with Gasteiger partial charge in [-0.1, -0.05) is 0 Å². The van der Waals surface area contributed by atoms with E-state index in [0.29, 0.717) is 18.5 Å². The number of hydrogen-bond donors (Lipinski definition) is 3. The van der Waals surface area contributed by atoms with Gasteiger partial charge in [0.05, 0.1) is 5.69 Å². The molecule has 7 nitrogen and oxygen atoms in total. The quantitative estimate of drug-likeness (QED) is 0.721. The molecule has 2 heterocycles. The van der Waals surface area contributed by atoms with Gasteiger partial charge in [-0.2, -0.15) is 0 Å². The molecular formula is C15H16N2O5. The molecule has 3 N–H and O–H groups in total. The Kier molecular flexibility index (Phi) is 3.09. The van der Waals surface area contributed by atoms with Crippen molar-refractivity contribution < 1.29 is 24.6 Å². The van der Waals surface area contributed by atoms with Gasteiger partial charge in [0.25, 0.3) is 5.91 Å². The third kappa shape index (κ3) is 1.78. The summed E-state index contributed by atoms with van der Waals surface area (Å²) in [5.41, 5.74) is -0.754. The number of nitrogens with one attached hydrogen (secondary N) is 1. The molecule has 0 unspecified atom stereocenters. The Morgan fingerprint density at radius 3 is 2.64 bits per heavy atom. The van der Waals surface area contributed by atoms with Gasteiger partial charge in [-0.15, -0.1) is 0 Å². The summed E-state index contributed by atoms with van der Waals surface area (Å²) in [6.07, 6.45) is 3.88. The zero-order valence-electron chi connectivity index (χ0n) is 12.0. The predicted octanol–water partition coefficient (Wildman–Crippen LogP) is 0.965. The van der Waals surface area contributed by atoms with Crippen molar-refractivity contribution in [1.29, 1.82) is 0 Å². The van der Waals surface area contributed by atoms with E-state index in [2.05, 4.69) is 5.32 Å². The Labute approximate surface area is 126 Å². The first-order valence-corrected chi connectivity index (χ1v) is 7.08. The van der Waals surface area contributed by atoms with E-state index in [4.69, 9.17) is 5.11 Å². The summed E-state index contributed by atoms with van der Waals surface area (Å²) in [5.74, 6) is -2.91. The van der Waals surface area contributed by atoms with E-state index in [1.54, 1.807) is 22.9 Å². The van der Waals surface area contributed by atoms with Gasteiger partial charge in [0.1, 0.15) is 22.9 Å². The number of hydrogen-bond acceptors (Lipinski definition) is 4. The minimum Gasteiger partial charge on any atom is -0.509 e. The Balaban J connectivity index is 2.03. The van der Waals surface area contributed by atoms with Crippen molar-refractivity contribution in [3.05, 3.63) is 35.4 Å². The topological polar surface area (TPSA) is 109 Å². The lowest BCUT2D eigenvalue weighted by Crippen LogP contribution is -2.50. The van der Waals surface area contributed by atoms with Gasteiger partial charge in [0.15, 0.2) is 0 Å². The zero-order chi connectivity index (χ0) is 16.1. The number of Topliss-reactive ketones (excluding diaryl/α,β-unsaturated/α-hetero) is 1. The second-order valence-electron chi connectivity index (χ2n) is 5.73. The van der Waals surface area contributed by atoms with E-state index in [-0.39, 0.29) is 11.3 Å². The lowest BCUT2D eigenvalue weighted by Gasteiger charge is -2.46. The normalized spacial score (nSPS) is 20.3. The molecule has 1 fully saturated rings. The maximum absolute atomic E-state index is 12.5. The van der Waals surface area contributed by atoms with Crippen LogP contribution in [-0.2, 0) is 15.1 Å². The maximum Gasteiger partial charge on any atom is 0.325 e. The molecule has 3 rings (SSSR count).